The van der Waals surface area contributed by atoms with Crippen LogP contribution in [0.25, 0.3) is 0 Å². The van der Waals surface area contributed by atoms with Crippen molar-refractivity contribution in [2.24, 2.45) is 0 Å². The van der Waals surface area contributed by atoms with E-state index in [4.69, 9.17) is 14.9 Å². The van der Waals surface area contributed by atoms with Gasteiger partial charge in [-0.2, -0.15) is 0 Å². The fourth-order valence-corrected chi connectivity index (χ4v) is 2.06. The van der Waals surface area contributed by atoms with Crippen LogP contribution in [0.3, 0.4) is 0 Å². The van der Waals surface area contributed by atoms with Gasteiger partial charge in [0.15, 0.2) is 6.23 Å². The van der Waals surface area contributed by atoms with Crippen molar-refractivity contribution in [1.29, 1.82) is 0 Å². The van der Waals surface area contributed by atoms with Gasteiger partial charge >= 0.3 is 11.8 Å². The van der Waals surface area contributed by atoms with E-state index in [1.807, 2.05) is 10.3 Å². The Bertz CT molecular complexity index is 609. The Hall–Kier alpha value is -2.17. The third kappa shape index (κ3) is 2.57. The highest BCUT2D eigenvalue weighted by Crippen LogP contribution is 2.27. The molecule has 1 aromatic heterocycles. The molecule has 1 aliphatic heterocycles. The molecule has 1 fully saturated rings. The van der Waals surface area contributed by atoms with Crippen molar-refractivity contribution < 1.29 is 24.9 Å². The largest absolute Gasteiger partial charge is 0.465 e. The molecule has 1 aromatic rings. The number of H-pyrrole nitrogens is 1. The van der Waals surface area contributed by atoms with Gasteiger partial charge in [-0.3, -0.25) is 14.3 Å². The lowest BCUT2D eigenvalue weighted by Crippen LogP contribution is -2.48. The zero-order valence-corrected chi connectivity index (χ0v) is 10.1. The average Bonchev–Trinajstić information content (AvgIpc) is 2.66. The lowest BCUT2D eigenvalue weighted by atomic mass is 10.1. The summed E-state index contributed by atoms with van der Waals surface area (Å²) in [5.74, 6) is 0. The number of carbonyl (C=O) groups is 1. The lowest BCUT2D eigenvalue weighted by molar-refractivity contribution is -0.0469. The molecule has 1 amide bonds. The van der Waals surface area contributed by atoms with Gasteiger partial charge in [0, 0.05) is 12.3 Å². The summed E-state index contributed by atoms with van der Waals surface area (Å²) >= 11 is 0. The first-order valence-electron chi connectivity index (χ1n) is 5.69. The molecule has 2 rings (SSSR count). The number of aliphatic hydroxyl groups excluding tert-OH is 2. The number of aromatic nitrogens is 2. The molecular formula is C10H13N3O7. The van der Waals surface area contributed by atoms with E-state index in [1.54, 1.807) is 0 Å². The SMILES string of the molecule is O=C(O)NC1C(O)[C@H](CO)O[C@@H]1n1ccc(=O)[nH]c1=O. The Morgan fingerprint density at radius 3 is 2.75 bits per heavy atom. The van der Waals surface area contributed by atoms with Crippen LogP contribution in [0, 0.1) is 0 Å². The quantitative estimate of drug-likeness (QED) is 0.409. The van der Waals surface area contributed by atoms with E-state index in [0.29, 0.717) is 0 Å². The Morgan fingerprint density at radius 2 is 2.20 bits per heavy atom. The summed E-state index contributed by atoms with van der Waals surface area (Å²) in [5.41, 5.74) is -1.43. The predicted molar refractivity (Wildman–Crippen MR) is 63.3 cm³/mol. The van der Waals surface area contributed by atoms with Gasteiger partial charge in [0.25, 0.3) is 5.56 Å². The van der Waals surface area contributed by atoms with Gasteiger partial charge in [0.2, 0.25) is 0 Å². The first kappa shape index (κ1) is 14.2. The molecule has 0 aliphatic carbocycles. The molecule has 1 aliphatic rings. The number of hydrogen-bond donors (Lipinski definition) is 5. The normalized spacial score (nSPS) is 29.3. The average molecular weight is 287 g/mol. The summed E-state index contributed by atoms with van der Waals surface area (Å²) in [6.45, 7) is -0.548. The molecule has 20 heavy (non-hydrogen) atoms. The number of rotatable bonds is 3. The van der Waals surface area contributed by atoms with Crippen LogP contribution in [0.2, 0.25) is 0 Å². The van der Waals surface area contributed by atoms with E-state index in [1.165, 1.54) is 0 Å². The summed E-state index contributed by atoms with van der Waals surface area (Å²) in [4.78, 5) is 35.4. The highest BCUT2D eigenvalue weighted by molar-refractivity contribution is 5.65. The number of nitrogens with one attached hydrogen (secondary N) is 2. The second-order valence-electron chi connectivity index (χ2n) is 4.23. The van der Waals surface area contributed by atoms with Crippen molar-refractivity contribution in [3.63, 3.8) is 0 Å². The van der Waals surface area contributed by atoms with E-state index in [2.05, 4.69) is 0 Å². The van der Waals surface area contributed by atoms with Crippen molar-refractivity contribution in [3.8, 4) is 0 Å². The summed E-state index contributed by atoms with van der Waals surface area (Å²) in [7, 11) is 0. The van der Waals surface area contributed by atoms with Gasteiger partial charge in [-0.15, -0.1) is 0 Å². The van der Waals surface area contributed by atoms with Crippen molar-refractivity contribution >= 4 is 6.09 Å². The van der Waals surface area contributed by atoms with E-state index in [9.17, 15) is 19.5 Å². The molecule has 2 heterocycles. The first-order valence-corrected chi connectivity index (χ1v) is 5.69. The van der Waals surface area contributed by atoms with Crippen molar-refractivity contribution in [2.75, 3.05) is 6.61 Å². The third-order valence-electron chi connectivity index (χ3n) is 2.97. The maximum Gasteiger partial charge on any atom is 0.405 e. The summed E-state index contributed by atoms with van der Waals surface area (Å²) < 4.78 is 6.19. The minimum atomic E-state index is -1.42. The zero-order chi connectivity index (χ0) is 14.9. The van der Waals surface area contributed by atoms with Crippen molar-refractivity contribution in [2.45, 2.75) is 24.5 Å². The second kappa shape index (κ2) is 5.45. The molecule has 0 radical (unpaired) electrons. The van der Waals surface area contributed by atoms with Gasteiger partial charge < -0.3 is 25.4 Å². The van der Waals surface area contributed by atoms with Gasteiger partial charge in [0.1, 0.15) is 18.2 Å². The molecule has 0 spiro atoms. The minimum Gasteiger partial charge on any atom is -0.465 e. The number of hydrogen-bond acceptors (Lipinski definition) is 6. The fourth-order valence-electron chi connectivity index (χ4n) is 2.06. The van der Waals surface area contributed by atoms with Crippen LogP contribution in [0.1, 0.15) is 6.23 Å². The fraction of sp³-hybridized carbons (Fsp3) is 0.500. The maximum atomic E-state index is 11.7. The van der Waals surface area contributed by atoms with Crippen LogP contribution in [0.15, 0.2) is 21.9 Å². The molecule has 10 heteroatoms. The molecule has 110 valence electrons. The standard InChI is InChI=1S/C10H13N3O7/c14-3-4-7(16)6(12-10(18)19)8(20-4)13-2-1-5(15)11-9(13)17/h1-2,4,6-8,12,14,16H,3H2,(H,18,19)(H,11,15,17)/t4-,6?,7?,8-/m0/s1. The van der Waals surface area contributed by atoms with Gasteiger partial charge in [-0.25, -0.2) is 9.59 Å². The highest BCUT2D eigenvalue weighted by atomic mass is 16.5. The minimum absolute atomic E-state index is 0.548. The molecule has 4 atom stereocenters. The molecule has 5 N–H and O–H groups in total. The Morgan fingerprint density at radius 1 is 1.50 bits per heavy atom. The molecule has 1 saturated heterocycles. The number of carboxylic acid groups (broad SMARTS) is 1. The molecule has 0 saturated carbocycles. The van der Waals surface area contributed by atoms with Gasteiger partial charge in [0.05, 0.1) is 6.61 Å². The monoisotopic (exact) mass is 287 g/mol. The Kier molecular flexibility index (Phi) is 3.88. The molecule has 2 unspecified atom stereocenters. The van der Waals surface area contributed by atoms with Crippen LogP contribution >= 0.6 is 0 Å². The highest BCUT2D eigenvalue weighted by Gasteiger charge is 2.45. The van der Waals surface area contributed by atoms with Crippen molar-refractivity contribution in [1.82, 2.24) is 14.9 Å². The molecule has 0 aromatic carbocycles. The molecule has 0 bridgehead atoms. The van der Waals surface area contributed by atoms with E-state index in [0.717, 1.165) is 16.8 Å². The van der Waals surface area contributed by atoms with Gasteiger partial charge in [-0.05, 0) is 0 Å². The van der Waals surface area contributed by atoms with E-state index < -0.39 is 48.4 Å². The first-order chi connectivity index (χ1) is 9.43. The summed E-state index contributed by atoms with van der Waals surface area (Å²) in [6, 6.07) is -0.102. The number of nitrogens with zero attached hydrogens (tertiary/aromatic N) is 1. The number of ether oxygens (including phenoxy) is 1. The van der Waals surface area contributed by atoms with Crippen LogP contribution in [0.4, 0.5) is 4.79 Å². The Labute approximate surface area is 111 Å². The zero-order valence-electron chi connectivity index (χ0n) is 10.1. The summed E-state index contributed by atoms with van der Waals surface area (Å²) in [6.07, 6.45) is -3.86. The van der Waals surface area contributed by atoms with Crippen LogP contribution in [-0.4, -0.2) is 55.8 Å². The Balaban J connectivity index is 2.39. The molecule has 10 nitrogen and oxygen atoms in total. The van der Waals surface area contributed by atoms with Gasteiger partial charge in [-0.1, -0.05) is 0 Å². The lowest BCUT2D eigenvalue weighted by Gasteiger charge is -2.21. The maximum absolute atomic E-state index is 11.7. The van der Waals surface area contributed by atoms with Crippen LogP contribution < -0.4 is 16.6 Å². The summed E-state index contributed by atoms with van der Waals surface area (Å²) in [5, 5.41) is 29.7. The van der Waals surface area contributed by atoms with E-state index >= 15 is 0 Å². The van der Waals surface area contributed by atoms with E-state index in [-0.39, 0.29) is 0 Å². The number of aromatic amines is 1. The smallest absolute Gasteiger partial charge is 0.405 e. The van der Waals surface area contributed by atoms with Crippen molar-refractivity contribution in [3.05, 3.63) is 33.1 Å². The predicted octanol–water partition coefficient (Wildman–Crippen LogP) is -2.58. The second-order valence-corrected chi connectivity index (χ2v) is 4.23. The topological polar surface area (TPSA) is 154 Å². The van der Waals surface area contributed by atoms with Crippen LogP contribution in [-0.2, 0) is 4.74 Å². The van der Waals surface area contributed by atoms with Crippen LogP contribution in [0.5, 0.6) is 0 Å². The molecular weight excluding hydrogens is 274 g/mol. The third-order valence-corrected chi connectivity index (χ3v) is 2.97. The number of aliphatic hydroxyl groups is 2. The number of amides is 1.